The molecule has 58 valence electrons. The summed E-state index contributed by atoms with van der Waals surface area (Å²) < 4.78 is 0. The van der Waals surface area contributed by atoms with Crippen LogP contribution in [0.2, 0.25) is 0 Å². The topological polar surface area (TPSA) is 0 Å². The molecule has 1 saturated carbocycles. The minimum absolute atomic E-state index is 0.824. The zero-order chi connectivity index (χ0) is 7.56. The first-order chi connectivity index (χ1) is 4.70. The van der Waals surface area contributed by atoms with Gasteiger partial charge in [-0.15, -0.1) is 0 Å². The Labute approximate surface area is 64.3 Å². The van der Waals surface area contributed by atoms with Crippen molar-refractivity contribution in [1.29, 1.82) is 0 Å². The third-order valence-electron chi connectivity index (χ3n) is 2.16. The second kappa shape index (κ2) is 3.23. The van der Waals surface area contributed by atoms with E-state index in [1.165, 1.54) is 12.8 Å². The lowest BCUT2D eigenvalue weighted by molar-refractivity contribution is 0.661. The van der Waals surface area contributed by atoms with Crippen molar-refractivity contribution >= 4 is 0 Å². The highest BCUT2D eigenvalue weighted by Gasteiger charge is 2.29. The van der Waals surface area contributed by atoms with Crippen LogP contribution in [0.3, 0.4) is 0 Å². The molecule has 1 aliphatic carbocycles. The summed E-state index contributed by atoms with van der Waals surface area (Å²) in [5.41, 5.74) is 0. The average Bonchev–Trinajstić information content (AvgIpc) is 2.46. The van der Waals surface area contributed by atoms with Crippen LogP contribution in [0.1, 0.15) is 33.6 Å². The summed E-state index contributed by atoms with van der Waals surface area (Å²) in [5.74, 6) is 2.73. The summed E-state index contributed by atoms with van der Waals surface area (Å²) in [5, 5.41) is 0. The molecule has 1 fully saturated rings. The van der Waals surface area contributed by atoms with Crippen molar-refractivity contribution in [3.63, 3.8) is 0 Å². The van der Waals surface area contributed by atoms with Gasteiger partial charge in [-0.2, -0.15) is 0 Å². The molecule has 10 heavy (non-hydrogen) atoms. The van der Waals surface area contributed by atoms with Crippen molar-refractivity contribution in [2.45, 2.75) is 33.6 Å². The van der Waals surface area contributed by atoms with Gasteiger partial charge in [-0.25, -0.2) is 0 Å². The number of hydrogen-bond donors (Lipinski definition) is 0. The highest BCUT2D eigenvalue weighted by Crippen LogP contribution is 2.38. The maximum atomic E-state index is 2.39. The molecule has 0 radical (unpaired) electrons. The average molecular weight is 138 g/mol. The zero-order valence-corrected chi connectivity index (χ0v) is 7.30. The van der Waals surface area contributed by atoms with E-state index in [9.17, 15) is 0 Å². The van der Waals surface area contributed by atoms with Gasteiger partial charge in [0.15, 0.2) is 0 Å². The van der Waals surface area contributed by atoms with Crippen LogP contribution in [-0.4, -0.2) is 0 Å². The molecular formula is C10H18. The third-order valence-corrected chi connectivity index (χ3v) is 2.16. The molecule has 0 aliphatic heterocycles. The summed E-state index contributed by atoms with van der Waals surface area (Å²) in [6, 6.07) is 0. The standard InChI is InChI=1S/C10H18/c1-8(2)5-4-6-10-7-9(10)3/h4,6,8-10H,5,7H2,1-3H3. The van der Waals surface area contributed by atoms with Gasteiger partial charge in [-0.05, 0) is 30.6 Å². The van der Waals surface area contributed by atoms with Crippen molar-refractivity contribution in [2.75, 3.05) is 0 Å². The van der Waals surface area contributed by atoms with Crippen LogP contribution in [0.15, 0.2) is 12.2 Å². The van der Waals surface area contributed by atoms with E-state index >= 15 is 0 Å². The van der Waals surface area contributed by atoms with E-state index in [-0.39, 0.29) is 0 Å². The first-order valence-corrected chi connectivity index (χ1v) is 4.37. The Morgan fingerprint density at radius 3 is 2.50 bits per heavy atom. The van der Waals surface area contributed by atoms with Gasteiger partial charge in [-0.1, -0.05) is 32.9 Å². The largest absolute Gasteiger partial charge is 0.0880 e. The fourth-order valence-electron chi connectivity index (χ4n) is 1.14. The van der Waals surface area contributed by atoms with Crippen LogP contribution >= 0.6 is 0 Å². The van der Waals surface area contributed by atoms with E-state index in [2.05, 4.69) is 32.9 Å². The van der Waals surface area contributed by atoms with Gasteiger partial charge in [0.05, 0.1) is 0 Å². The number of hydrogen-bond acceptors (Lipinski definition) is 0. The first-order valence-electron chi connectivity index (χ1n) is 4.37. The second-order valence-corrected chi connectivity index (χ2v) is 3.93. The predicted octanol–water partition coefficient (Wildman–Crippen LogP) is 3.24. The van der Waals surface area contributed by atoms with E-state index < -0.39 is 0 Å². The summed E-state index contributed by atoms with van der Waals surface area (Å²) in [4.78, 5) is 0. The molecule has 0 heterocycles. The molecule has 0 aromatic rings. The van der Waals surface area contributed by atoms with Crippen LogP contribution in [0.4, 0.5) is 0 Å². The summed E-state index contributed by atoms with van der Waals surface area (Å²) in [6.45, 7) is 6.85. The molecule has 1 aliphatic rings. The maximum absolute atomic E-state index is 2.39. The van der Waals surface area contributed by atoms with Crippen molar-refractivity contribution in [3.05, 3.63) is 12.2 Å². The Hall–Kier alpha value is -0.260. The molecule has 2 unspecified atom stereocenters. The second-order valence-electron chi connectivity index (χ2n) is 3.93. The summed E-state index contributed by atoms with van der Waals surface area (Å²) >= 11 is 0. The van der Waals surface area contributed by atoms with Crippen LogP contribution in [0.25, 0.3) is 0 Å². The predicted molar refractivity (Wildman–Crippen MR) is 45.9 cm³/mol. The van der Waals surface area contributed by atoms with E-state index in [1.54, 1.807) is 0 Å². The Balaban J connectivity index is 2.07. The van der Waals surface area contributed by atoms with E-state index in [0.29, 0.717) is 0 Å². The lowest BCUT2D eigenvalue weighted by atomic mass is 10.1. The third kappa shape index (κ3) is 2.55. The molecule has 0 nitrogen and oxygen atoms in total. The normalized spacial score (nSPS) is 32.0. The van der Waals surface area contributed by atoms with E-state index in [1.807, 2.05) is 0 Å². The minimum Gasteiger partial charge on any atom is -0.0880 e. The maximum Gasteiger partial charge on any atom is -0.0205 e. The molecule has 2 atom stereocenters. The molecule has 0 amide bonds. The zero-order valence-electron chi connectivity index (χ0n) is 7.30. The van der Waals surface area contributed by atoms with Gasteiger partial charge in [0, 0.05) is 0 Å². The number of allylic oxidation sites excluding steroid dienone is 2. The fraction of sp³-hybridized carbons (Fsp3) is 0.800. The van der Waals surface area contributed by atoms with Gasteiger partial charge in [-0.3, -0.25) is 0 Å². The van der Waals surface area contributed by atoms with Crippen LogP contribution in [0.5, 0.6) is 0 Å². The Bertz CT molecular complexity index is 122. The van der Waals surface area contributed by atoms with Crippen molar-refractivity contribution in [3.8, 4) is 0 Å². The van der Waals surface area contributed by atoms with Crippen molar-refractivity contribution in [2.24, 2.45) is 17.8 Å². The lowest BCUT2D eigenvalue weighted by Crippen LogP contribution is -1.81. The van der Waals surface area contributed by atoms with Crippen LogP contribution in [-0.2, 0) is 0 Å². The molecule has 0 aromatic carbocycles. The fourth-order valence-corrected chi connectivity index (χ4v) is 1.14. The van der Waals surface area contributed by atoms with E-state index in [4.69, 9.17) is 0 Å². The molecule has 0 bridgehead atoms. The van der Waals surface area contributed by atoms with Crippen molar-refractivity contribution in [1.82, 2.24) is 0 Å². The molecule has 0 spiro atoms. The quantitative estimate of drug-likeness (QED) is 0.525. The van der Waals surface area contributed by atoms with Gasteiger partial charge in [0.1, 0.15) is 0 Å². The number of rotatable bonds is 3. The van der Waals surface area contributed by atoms with Gasteiger partial charge in [0.2, 0.25) is 0 Å². The van der Waals surface area contributed by atoms with Crippen molar-refractivity contribution < 1.29 is 0 Å². The van der Waals surface area contributed by atoms with Crippen LogP contribution in [0, 0.1) is 17.8 Å². The molecule has 0 aromatic heterocycles. The van der Waals surface area contributed by atoms with Gasteiger partial charge < -0.3 is 0 Å². The Kier molecular flexibility index (Phi) is 2.53. The molecule has 0 N–H and O–H groups in total. The first kappa shape index (κ1) is 7.84. The highest BCUT2D eigenvalue weighted by molar-refractivity contribution is 5.00. The molecular weight excluding hydrogens is 120 g/mol. The van der Waals surface area contributed by atoms with Crippen LogP contribution < -0.4 is 0 Å². The Morgan fingerprint density at radius 2 is 2.10 bits per heavy atom. The molecule has 0 saturated heterocycles. The molecule has 0 heteroatoms. The highest BCUT2D eigenvalue weighted by atomic mass is 14.3. The van der Waals surface area contributed by atoms with Gasteiger partial charge >= 0.3 is 0 Å². The summed E-state index contributed by atoms with van der Waals surface area (Å²) in [7, 11) is 0. The van der Waals surface area contributed by atoms with Gasteiger partial charge in [0.25, 0.3) is 0 Å². The summed E-state index contributed by atoms with van der Waals surface area (Å²) in [6.07, 6.45) is 7.42. The smallest absolute Gasteiger partial charge is 0.0205 e. The Morgan fingerprint density at radius 1 is 1.50 bits per heavy atom. The molecule has 1 rings (SSSR count). The monoisotopic (exact) mass is 138 g/mol. The minimum atomic E-state index is 0.824. The SMILES string of the molecule is CC(C)CC=CC1CC1C. The lowest BCUT2D eigenvalue weighted by Gasteiger charge is -1.95. The van der Waals surface area contributed by atoms with E-state index in [0.717, 1.165) is 17.8 Å².